The van der Waals surface area contributed by atoms with Crippen LogP contribution in [0.15, 0.2) is 133 Å². The van der Waals surface area contributed by atoms with Crippen LogP contribution in [0.2, 0.25) is 0 Å². The molecule has 2 heterocycles. The molecule has 0 bridgehead atoms. The van der Waals surface area contributed by atoms with Crippen LogP contribution in [-0.2, 0) is 0 Å². The van der Waals surface area contributed by atoms with E-state index in [-0.39, 0.29) is 0 Å². The third-order valence-corrected chi connectivity index (χ3v) is 8.67. The summed E-state index contributed by atoms with van der Waals surface area (Å²) in [5.74, 6) is 1.95. The lowest BCUT2D eigenvalue weighted by molar-refractivity contribution is 0.444. The highest BCUT2D eigenvalue weighted by Gasteiger charge is 2.24. The number of fused-ring (bicyclic) bond motifs is 6. The van der Waals surface area contributed by atoms with E-state index in [1.807, 2.05) is 0 Å². The first kappa shape index (κ1) is 21.8. The average molecular weight is 512 g/mol. The van der Waals surface area contributed by atoms with E-state index >= 15 is 0 Å². The SMILES string of the molecule is C1=CC2=C(CC1)c1cccc3c(-c4cccc5c4ccc4c6ccccc6n(-c6ccccc6)c54)ccc(c13)O2. The van der Waals surface area contributed by atoms with Crippen molar-refractivity contribution in [1.29, 1.82) is 0 Å². The number of ether oxygens (including phenoxy) is 1. The van der Waals surface area contributed by atoms with E-state index in [1.165, 1.54) is 71.3 Å². The fourth-order valence-corrected chi connectivity index (χ4v) is 6.97. The van der Waals surface area contributed by atoms with Gasteiger partial charge in [0.25, 0.3) is 0 Å². The fraction of sp³-hybridized carbons (Fsp3) is 0.0526. The molecule has 0 radical (unpaired) electrons. The number of rotatable bonds is 2. The van der Waals surface area contributed by atoms with Gasteiger partial charge in [-0.05, 0) is 70.6 Å². The molecule has 9 rings (SSSR count). The second-order valence-electron chi connectivity index (χ2n) is 10.8. The number of hydrogen-bond donors (Lipinski definition) is 0. The summed E-state index contributed by atoms with van der Waals surface area (Å²) in [7, 11) is 0. The highest BCUT2D eigenvalue weighted by Crippen LogP contribution is 2.47. The Morgan fingerprint density at radius 3 is 2.20 bits per heavy atom. The molecule has 0 fully saturated rings. The predicted octanol–water partition coefficient (Wildman–Crippen LogP) is 10.2. The Bertz CT molecular complexity index is 2230. The summed E-state index contributed by atoms with van der Waals surface area (Å²) >= 11 is 0. The molecular formula is C38H25NO. The van der Waals surface area contributed by atoms with E-state index in [0.717, 1.165) is 24.4 Å². The lowest BCUT2D eigenvalue weighted by Gasteiger charge is -2.26. The van der Waals surface area contributed by atoms with Crippen molar-refractivity contribution in [2.24, 2.45) is 0 Å². The third-order valence-electron chi connectivity index (χ3n) is 8.67. The van der Waals surface area contributed by atoms with Gasteiger partial charge in [0, 0.05) is 32.8 Å². The lowest BCUT2D eigenvalue weighted by Crippen LogP contribution is -2.07. The Labute approximate surface area is 232 Å². The number of para-hydroxylation sites is 2. The summed E-state index contributed by atoms with van der Waals surface area (Å²) < 4.78 is 8.86. The summed E-state index contributed by atoms with van der Waals surface area (Å²) in [5, 5.41) is 7.54. The van der Waals surface area contributed by atoms with Gasteiger partial charge in [0.1, 0.15) is 11.5 Å². The topological polar surface area (TPSA) is 14.2 Å². The Hall–Kier alpha value is -5.08. The number of nitrogens with zero attached hydrogens (tertiary/aromatic N) is 1. The zero-order chi connectivity index (χ0) is 26.2. The first-order valence-corrected chi connectivity index (χ1v) is 14.0. The van der Waals surface area contributed by atoms with Crippen molar-refractivity contribution in [2.45, 2.75) is 12.8 Å². The molecule has 2 heteroatoms. The average Bonchev–Trinajstić information content (AvgIpc) is 3.37. The van der Waals surface area contributed by atoms with Crippen LogP contribution in [0.25, 0.3) is 65.7 Å². The lowest BCUT2D eigenvalue weighted by atomic mass is 9.86. The summed E-state index contributed by atoms with van der Waals surface area (Å²) in [6.45, 7) is 0. The Kier molecular flexibility index (Phi) is 4.48. The maximum atomic E-state index is 6.43. The van der Waals surface area contributed by atoms with Crippen molar-refractivity contribution in [2.75, 3.05) is 0 Å². The van der Waals surface area contributed by atoms with E-state index in [0.29, 0.717) is 0 Å². The van der Waals surface area contributed by atoms with Crippen molar-refractivity contribution < 1.29 is 4.74 Å². The number of benzene rings is 6. The minimum absolute atomic E-state index is 0.950. The minimum Gasteiger partial charge on any atom is -0.456 e. The number of hydrogen-bond acceptors (Lipinski definition) is 1. The van der Waals surface area contributed by atoms with Gasteiger partial charge < -0.3 is 9.30 Å². The molecule has 0 N–H and O–H groups in total. The maximum absolute atomic E-state index is 6.43. The molecule has 0 atom stereocenters. The van der Waals surface area contributed by atoms with E-state index in [1.54, 1.807) is 0 Å². The molecular weight excluding hydrogens is 486 g/mol. The molecule has 0 amide bonds. The van der Waals surface area contributed by atoms with Crippen molar-refractivity contribution in [3.8, 4) is 22.6 Å². The van der Waals surface area contributed by atoms with Crippen LogP contribution in [0.1, 0.15) is 18.4 Å². The van der Waals surface area contributed by atoms with Crippen LogP contribution in [-0.4, -0.2) is 4.57 Å². The number of allylic oxidation sites excluding steroid dienone is 3. The Balaban J connectivity index is 1.37. The standard InChI is InChI=1S/C38H25NO/c1-2-10-24(11-3-1)39-34-18-6-4-12-28(34)33-21-20-27-25(14-8-17-32(27)38(33)39)26-22-23-36-37-30(26)15-9-16-31(37)29-13-5-7-19-35(29)40-36/h1-4,6-12,14-23H,5,13H2. The van der Waals surface area contributed by atoms with Crippen LogP contribution in [0.4, 0.5) is 0 Å². The van der Waals surface area contributed by atoms with E-state index in [4.69, 9.17) is 4.74 Å². The maximum Gasteiger partial charge on any atom is 0.135 e. The van der Waals surface area contributed by atoms with Crippen LogP contribution in [0.3, 0.4) is 0 Å². The normalized spacial score (nSPS) is 14.3. The molecule has 1 aliphatic heterocycles. The van der Waals surface area contributed by atoms with Crippen molar-refractivity contribution in [1.82, 2.24) is 4.57 Å². The van der Waals surface area contributed by atoms with Crippen LogP contribution in [0.5, 0.6) is 5.75 Å². The summed E-state index contributed by atoms with van der Waals surface area (Å²) in [5.41, 5.74) is 8.78. The number of aromatic nitrogens is 1. The van der Waals surface area contributed by atoms with Gasteiger partial charge in [-0.15, -0.1) is 0 Å². The molecule has 1 aliphatic carbocycles. The summed E-state index contributed by atoms with van der Waals surface area (Å²) in [6.07, 6.45) is 6.42. The smallest absolute Gasteiger partial charge is 0.135 e. The summed E-state index contributed by atoms with van der Waals surface area (Å²) in [4.78, 5) is 0. The molecule has 1 aromatic heterocycles. The Morgan fingerprint density at radius 1 is 0.550 bits per heavy atom. The molecule has 7 aromatic rings. The van der Waals surface area contributed by atoms with Crippen molar-refractivity contribution in [3.05, 3.63) is 139 Å². The van der Waals surface area contributed by atoms with Crippen LogP contribution < -0.4 is 4.74 Å². The molecule has 40 heavy (non-hydrogen) atoms. The first-order valence-electron chi connectivity index (χ1n) is 14.0. The third kappa shape index (κ3) is 2.93. The molecule has 0 saturated heterocycles. The van der Waals surface area contributed by atoms with Gasteiger partial charge in [-0.2, -0.15) is 0 Å². The van der Waals surface area contributed by atoms with Crippen LogP contribution in [0, 0.1) is 0 Å². The molecule has 0 spiro atoms. The second kappa shape index (κ2) is 8.21. The predicted molar refractivity (Wildman–Crippen MR) is 167 cm³/mol. The summed E-state index contributed by atoms with van der Waals surface area (Å²) in [6, 6.07) is 42.0. The molecule has 188 valence electrons. The molecule has 6 aromatic carbocycles. The molecule has 2 nitrogen and oxygen atoms in total. The van der Waals surface area contributed by atoms with Gasteiger partial charge in [0.15, 0.2) is 0 Å². The van der Waals surface area contributed by atoms with Gasteiger partial charge in [0.05, 0.1) is 11.0 Å². The zero-order valence-electron chi connectivity index (χ0n) is 21.9. The fourth-order valence-electron chi connectivity index (χ4n) is 6.97. The molecule has 0 saturated carbocycles. The van der Waals surface area contributed by atoms with E-state index in [2.05, 4.69) is 132 Å². The van der Waals surface area contributed by atoms with Crippen molar-refractivity contribution >= 4 is 48.9 Å². The first-order chi connectivity index (χ1) is 19.9. The molecule has 0 unspecified atom stereocenters. The van der Waals surface area contributed by atoms with Crippen LogP contribution >= 0.6 is 0 Å². The Morgan fingerprint density at radius 2 is 1.27 bits per heavy atom. The highest BCUT2D eigenvalue weighted by molar-refractivity contribution is 6.21. The van der Waals surface area contributed by atoms with E-state index < -0.39 is 0 Å². The zero-order valence-corrected chi connectivity index (χ0v) is 21.9. The van der Waals surface area contributed by atoms with E-state index in [9.17, 15) is 0 Å². The largest absolute Gasteiger partial charge is 0.456 e. The minimum atomic E-state index is 0.950. The van der Waals surface area contributed by atoms with Gasteiger partial charge in [-0.3, -0.25) is 0 Å². The van der Waals surface area contributed by atoms with Gasteiger partial charge >= 0.3 is 0 Å². The quantitative estimate of drug-likeness (QED) is 0.225. The van der Waals surface area contributed by atoms with Crippen molar-refractivity contribution in [3.63, 3.8) is 0 Å². The monoisotopic (exact) mass is 511 g/mol. The van der Waals surface area contributed by atoms with Gasteiger partial charge in [-0.1, -0.05) is 97.1 Å². The van der Waals surface area contributed by atoms with Gasteiger partial charge in [-0.25, -0.2) is 0 Å². The van der Waals surface area contributed by atoms with Gasteiger partial charge in [0.2, 0.25) is 0 Å². The second-order valence-corrected chi connectivity index (χ2v) is 10.8. The molecule has 2 aliphatic rings. The highest BCUT2D eigenvalue weighted by atomic mass is 16.5.